The van der Waals surface area contributed by atoms with Crippen LogP contribution in [0.5, 0.6) is 0 Å². The molecule has 1 amide bonds. The summed E-state index contributed by atoms with van der Waals surface area (Å²) in [6, 6.07) is 3.56. The van der Waals surface area contributed by atoms with Crippen LogP contribution in [0.15, 0.2) is 35.8 Å². The topological polar surface area (TPSA) is 140 Å². The van der Waals surface area contributed by atoms with Crippen molar-refractivity contribution in [3.63, 3.8) is 0 Å². The van der Waals surface area contributed by atoms with Gasteiger partial charge in [-0.25, -0.2) is 14.8 Å². The number of thioether (sulfide) groups is 1. The van der Waals surface area contributed by atoms with Gasteiger partial charge in [-0.3, -0.25) is 9.78 Å². The van der Waals surface area contributed by atoms with Gasteiger partial charge in [0.2, 0.25) is 5.91 Å². The number of hydrazone groups is 1. The van der Waals surface area contributed by atoms with Crippen LogP contribution in [0.4, 0.5) is 18.9 Å². The summed E-state index contributed by atoms with van der Waals surface area (Å²) >= 11 is 7.28. The summed E-state index contributed by atoms with van der Waals surface area (Å²) in [7, 11) is 1.58. The van der Waals surface area contributed by atoms with Crippen LogP contribution in [-0.2, 0) is 9.53 Å². The van der Waals surface area contributed by atoms with E-state index in [0.29, 0.717) is 42.7 Å². The zero-order valence-corrected chi connectivity index (χ0v) is 23.6. The maximum absolute atomic E-state index is 12.4. The molecule has 1 saturated heterocycles. The van der Waals surface area contributed by atoms with Crippen molar-refractivity contribution in [3.05, 3.63) is 46.0 Å². The largest absolute Gasteiger partial charge is 0.389 e. The highest BCUT2D eigenvalue weighted by Crippen LogP contribution is 2.27. The number of aromatic nitrogens is 3. The molecule has 1 aliphatic heterocycles. The lowest BCUT2D eigenvalue weighted by Gasteiger charge is -2.19. The smallest absolute Gasteiger partial charge is 0.381 e. The predicted molar refractivity (Wildman–Crippen MR) is 147 cm³/mol. The maximum atomic E-state index is 12.4. The molecule has 222 valence electrons. The summed E-state index contributed by atoms with van der Waals surface area (Å²) in [6.45, 7) is 4.31. The van der Waals surface area contributed by atoms with Crippen molar-refractivity contribution in [3.8, 4) is 5.69 Å². The number of halogens is 4. The quantitative estimate of drug-likeness (QED) is 0.128. The third kappa shape index (κ3) is 12.0. The molecule has 17 heteroatoms. The van der Waals surface area contributed by atoms with Gasteiger partial charge in [-0.2, -0.15) is 30.0 Å². The van der Waals surface area contributed by atoms with E-state index in [4.69, 9.17) is 16.3 Å². The molecule has 3 heterocycles. The molecule has 1 aliphatic rings. The highest BCUT2D eigenvalue weighted by molar-refractivity contribution is 7.99. The number of nitrogens with zero attached hydrogens (tertiary/aromatic N) is 6. The van der Waals surface area contributed by atoms with Crippen LogP contribution < -0.4 is 15.5 Å². The Hall–Kier alpha value is -3.11. The van der Waals surface area contributed by atoms with E-state index in [1.165, 1.54) is 9.58 Å². The summed E-state index contributed by atoms with van der Waals surface area (Å²) in [5, 5.41) is 22.3. The molecular formula is C23H32ClF3N8O4S. The molecule has 0 aliphatic carbocycles. The number of pyridine rings is 1. The van der Waals surface area contributed by atoms with E-state index >= 15 is 0 Å². The zero-order valence-electron chi connectivity index (χ0n) is 22.1. The van der Waals surface area contributed by atoms with Crippen molar-refractivity contribution in [2.45, 2.75) is 32.4 Å². The third-order valence-electron chi connectivity index (χ3n) is 5.46. The second-order valence-corrected chi connectivity index (χ2v) is 9.96. The van der Waals surface area contributed by atoms with E-state index < -0.39 is 17.6 Å². The Balaban J connectivity index is 0.000000337. The van der Waals surface area contributed by atoms with E-state index in [0.717, 1.165) is 24.8 Å². The van der Waals surface area contributed by atoms with Gasteiger partial charge in [0.15, 0.2) is 10.2 Å². The molecule has 40 heavy (non-hydrogen) atoms. The van der Waals surface area contributed by atoms with Gasteiger partial charge in [-0.1, -0.05) is 11.6 Å². The SMILES string of the molecule is CCN(C(=O)CCSCCC(F)(F)F)c1cn(-c2cccnc2)nc1Cl.CN/C(=N\[N+](=O)[O-])NCC1CCOC1. The van der Waals surface area contributed by atoms with E-state index in [9.17, 15) is 28.1 Å². The molecule has 1 atom stereocenters. The monoisotopic (exact) mass is 608 g/mol. The summed E-state index contributed by atoms with van der Waals surface area (Å²) in [6.07, 6.45) is 0.981. The van der Waals surface area contributed by atoms with E-state index in [-0.39, 0.29) is 29.2 Å². The number of hydrogen-bond donors (Lipinski definition) is 2. The maximum Gasteiger partial charge on any atom is 0.389 e. The molecule has 0 saturated carbocycles. The average Bonchev–Trinajstić information content (AvgIpc) is 3.57. The second kappa shape index (κ2) is 16.9. The second-order valence-electron chi connectivity index (χ2n) is 8.37. The lowest BCUT2D eigenvalue weighted by Crippen LogP contribution is -2.38. The highest BCUT2D eigenvalue weighted by Gasteiger charge is 2.26. The molecule has 2 aromatic rings. The number of amides is 1. The van der Waals surface area contributed by atoms with E-state index in [2.05, 4.69) is 25.8 Å². The van der Waals surface area contributed by atoms with Gasteiger partial charge in [0.1, 0.15) is 10.8 Å². The molecule has 2 aromatic heterocycles. The first-order valence-electron chi connectivity index (χ1n) is 12.4. The van der Waals surface area contributed by atoms with Crippen LogP contribution in [0.2, 0.25) is 5.15 Å². The van der Waals surface area contributed by atoms with Gasteiger partial charge < -0.3 is 20.3 Å². The first kappa shape index (κ1) is 33.1. The zero-order chi connectivity index (χ0) is 29.5. The lowest BCUT2D eigenvalue weighted by molar-refractivity contribution is -0.485. The molecule has 0 aromatic carbocycles. The number of alkyl halides is 3. The van der Waals surface area contributed by atoms with Crippen LogP contribution in [0.3, 0.4) is 0 Å². The summed E-state index contributed by atoms with van der Waals surface area (Å²) < 4.78 is 43.0. The molecule has 2 N–H and O–H groups in total. The fourth-order valence-corrected chi connectivity index (χ4v) is 4.58. The molecule has 0 radical (unpaired) electrons. The highest BCUT2D eigenvalue weighted by atomic mass is 35.5. The Morgan fingerprint density at radius 3 is 2.77 bits per heavy atom. The van der Waals surface area contributed by atoms with Crippen molar-refractivity contribution in [2.75, 3.05) is 49.8 Å². The fraction of sp³-hybridized carbons (Fsp3) is 0.565. The Labute approximate surface area is 238 Å². The van der Waals surface area contributed by atoms with Gasteiger partial charge >= 0.3 is 6.18 Å². The summed E-state index contributed by atoms with van der Waals surface area (Å²) in [5.41, 5.74) is 1.16. The van der Waals surface area contributed by atoms with Crippen molar-refractivity contribution >= 4 is 40.9 Å². The number of rotatable bonds is 11. The minimum absolute atomic E-state index is 0.0530. The number of nitrogens with one attached hydrogen (secondary N) is 2. The Morgan fingerprint density at radius 1 is 1.43 bits per heavy atom. The number of nitro groups is 1. The number of anilines is 1. The first-order chi connectivity index (χ1) is 19.0. The van der Waals surface area contributed by atoms with Crippen molar-refractivity contribution in [1.82, 2.24) is 25.4 Å². The molecule has 1 unspecified atom stereocenters. The molecule has 0 bridgehead atoms. The Kier molecular flexibility index (Phi) is 14.0. The van der Waals surface area contributed by atoms with E-state index in [1.54, 1.807) is 44.7 Å². The fourth-order valence-electron chi connectivity index (χ4n) is 3.45. The molecule has 3 rings (SSSR count). The van der Waals surface area contributed by atoms with Crippen LogP contribution in [0, 0.1) is 16.0 Å². The van der Waals surface area contributed by atoms with Crippen molar-refractivity contribution in [1.29, 1.82) is 0 Å². The van der Waals surface area contributed by atoms with E-state index in [1.807, 2.05) is 0 Å². The van der Waals surface area contributed by atoms with Crippen molar-refractivity contribution < 1.29 is 27.7 Å². The Bertz CT molecular complexity index is 1100. The summed E-state index contributed by atoms with van der Waals surface area (Å²) in [5.74, 6) is 0.657. The lowest BCUT2D eigenvalue weighted by atomic mass is 10.1. The number of hydrogen-bond acceptors (Lipinski definition) is 7. The first-order valence-corrected chi connectivity index (χ1v) is 13.9. The molecule has 12 nitrogen and oxygen atoms in total. The minimum atomic E-state index is -4.17. The van der Waals surface area contributed by atoms with Crippen LogP contribution in [0.25, 0.3) is 5.69 Å². The minimum Gasteiger partial charge on any atom is -0.381 e. The van der Waals surface area contributed by atoms with Gasteiger partial charge in [-0.05, 0) is 25.5 Å². The molecule has 1 fully saturated rings. The molecular weight excluding hydrogens is 577 g/mol. The average molecular weight is 609 g/mol. The van der Waals surface area contributed by atoms with Gasteiger partial charge in [-0.15, -0.1) is 0 Å². The normalized spacial score (nSPS) is 15.2. The summed E-state index contributed by atoms with van der Waals surface area (Å²) in [4.78, 5) is 28.0. The van der Waals surface area contributed by atoms with Crippen LogP contribution in [-0.4, -0.2) is 82.7 Å². The van der Waals surface area contributed by atoms with Crippen LogP contribution in [0.1, 0.15) is 26.2 Å². The van der Waals surface area contributed by atoms with Gasteiger partial charge in [0.05, 0.1) is 31.1 Å². The Morgan fingerprint density at radius 2 is 2.20 bits per heavy atom. The van der Waals surface area contributed by atoms with Gasteiger partial charge in [0.25, 0.3) is 5.96 Å². The number of ether oxygens (including phenoxy) is 1. The standard InChI is InChI=1S/C16H18ClF3N4OS.C7H14N4O3/c1-2-23(14(25)5-8-26-9-6-16(18,19)20)13-11-24(22-15(13)17)12-4-3-7-21-10-12;1-8-7(10-11(12)13)9-4-6-2-3-14-5-6/h3-4,7,10-11H,2,5-6,8-9H2,1H3;6H,2-5H2,1H3,(H2,8,9,10). The van der Waals surface area contributed by atoms with Crippen LogP contribution >= 0.6 is 23.4 Å². The number of carbonyl (C=O) groups is 1. The van der Waals surface area contributed by atoms with Gasteiger partial charge in [0, 0.05) is 56.8 Å². The predicted octanol–water partition coefficient (Wildman–Crippen LogP) is 3.73. The molecule has 0 spiro atoms. The number of guanidine groups is 1. The van der Waals surface area contributed by atoms with Crippen molar-refractivity contribution in [2.24, 2.45) is 11.0 Å². The number of carbonyl (C=O) groups excluding carboxylic acids is 1. The third-order valence-corrected chi connectivity index (χ3v) is 6.72.